The van der Waals surface area contributed by atoms with Crippen molar-refractivity contribution < 1.29 is 26.4 Å². The Bertz CT molecular complexity index is 1350. The van der Waals surface area contributed by atoms with Crippen LogP contribution in [-0.2, 0) is 16.4 Å². The van der Waals surface area contributed by atoms with Gasteiger partial charge in [0.2, 0.25) is 0 Å². The summed E-state index contributed by atoms with van der Waals surface area (Å²) in [6.07, 6.45) is 0. The quantitative estimate of drug-likeness (QED) is 0.564. The van der Waals surface area contributed by atoms with Crippen LogP contribution < -0.4 is 5.32 Å². The van der Waals surface area contributed by atoms with E-state index in [-0.39, 0.29) is 17.1 Å². The second-order valence-electron chi connectivity index (χ2n) is 6.86. The molecule has 14 heteroatoms. The predicted octanol–water partition coefficient (Wildman–Crippen LogP) is 3.74. The summed E-state index contributed by atoms with van der Waals surface area (Å²) < 4.78 is 60.8. The normalized spacial score (nSPS) is 14.0. The molecule has 1 amide bonds. The minimum absolute atomic E-state index is 0.152. The van der Waals surface area contributed by atoms with Crippen LogP contribution in [0.2, 0.25) is 10.0 Å². The summed E-state index contributed by atoms with van der Waals surface area (Å²) in [5.41, 5.74) is -6.44. The third-order valence-electron chi connectivity index (χ3n) is 4.27. The third kappa shape index (κ3) is 4.64. The highest BCUT2D eigenvalue weighted by atomic mass is 35.5. The summed E-state index contributed by atoms with van der Waals surface area (Å²) >= 11 is 12.0. The molecule has 0 fully saturated rings. The number of halogens is 5. The fourth-order valence-electron chi connectivity index (χ4n) is 2.69. The molecule has 0 bridgehead atoms. The zero-order valence-electron chi connectivity index (χ0n) is 16.0. The highest BCUT2D eigenvalue weighted by Crippen LogP contribution is 2.30. The number of benzene rings is 2. The van der Waals surface area contributed by atoms with Crippen molar-refractivity contribution in [2.75, 3.05) is 0 Å². The van der Waals surface area contributed by atoms with E-state index in [9.17, 15) is 31.6 Å². The van der Waals surface area contributed by atoms with Crippen LogP contribution in [0.25, 0.3) is 11.0 Å². The van der Waals surface area contributed by atoms with E-state index < -0.39 is 31.7 Å². The standard InChI is InChI=1S/C18H12Cl2F3N5O3S/c1-17(8-24,9-28-26-14-7-11(19)6-13(20)15(14)27-28)25-16(29)10-2-4-12(5-3-10)32(30,31)18(21,22)23/h2-7H,9H2,1H3,(H,25,29). The number of alkyl halides is 3. The second-order valence-corrected chi connectivity index (χ2v) is 9.64. The molecule has 0 saturated carbocycles. The van der Waals surface area contributed by atoms with E-state index in [0.29, 0.717) is 28.2 Å². The summed E-state index contributed by atoms with van der Waals surface area (Å²) in [6, 6.07) is 8.05. The molecule has 0 spiro atoms. The molecule has 3 aromatic rings. The SMILES string of the molecule is CC(C#N)(Cn1nc2cc(Cl)cc(Cl)c2n1)NC(=O)c1ccc(S(=O)(=O)C(F)(F)F)cc1. The zero-order valence-corrected chi connectivity index (χ0v) is 18.3. The van der Waals surface area contributed by atoms with Crippen molar-refractivity contribution in [1.29, 1.82) is 5.26 Å². The molecule has 168 valence electrons. The first-order chi connectivity index (χ1) is 14.8. The fraction of sp³-hybridized carbons (Fsp3) is 0.222. The van der Waals surface area contributed by atoms with Gasteiger partial charge in [0, 0.05) is 10.6 Å². The van der Waals surface area contributed by atoms with Gasteiger partial charge in [-0.05, 0) is 43.3 Å². The number of hydrogen-bond acceptors (Lipinski definition) is 6. The van der Waals surface area contributed by atoms with Gasteiger partial charge in [-0.1, -0.05) is 23.2 Å². The number of nitrogens with zero attached hydrogens (tertiary/aromatic N) is 4. The molecule has 0 saturated heterocycles. The summed E-state index contributed by atoms with van der Waals surface area (Å²) in [6.45, 7) is 1.19. The smallest absolute Gasteiger partial charge is 0.332 e. The van der Waals surface area contributed by atoms with E-state index in [2.05, 4.69) is 15.5 Å². The summed E-state index contributed by atoms with van der Waals surface area (Å²) in [4.78, 5) is 12.7. The van der Waals surface area contributed by atoms with E-state index in [1.54, 1.807) is 0 Å². The molecule has 1 aromatic heterocycles. The van der Waals surface area contributed by atoms with Crippen LogP contribution in [0.4, 0.5) is 13.2 Å². The highest BCUT2D eigenvalue weighted by Gasteiger charge is 2.46. The Morgan fingerprint density at radius 2 is 1.81 bits per heavy atom. The van der Waals surface area contributed by atoms with Gasteiger partial charge in [-0.15, -0.1) is 0 Å². The third-order valence-corrected chi connectivity index (χ3v) is 6.28. The van der Waals surface area contributed by atoms with Crippen LogP contribution in [-0.4, -0.2) is 40.4 Å². The van der Waals surface area contributed by atoms with E-state index in [1.165, 1.54) is 19.1 Å². The summed E-state index contributed by atoms with van der Waals surface area (Å²) in [5.74, 6) is -0.817. The average Bonchev–Trinajstić information content (AvgIpc) is 3.09. The number of fused-ring (bicyclic) bond motifs is 1. The molecule has 3 rings (SSSR count). The van der Waals surface area contributed by atoms with Crippen LogP contribution in [0.5, 0.6) is 0 Å². The van der Waals surface area contributed by atoms with Crippen LogP contribution in [0.15, 0.2) is 41.3 Å². The lowest BCUT2D eigenvalue weighted by Crippen LogP contribution is -2.48. The molecule has 0 aliphatic heterocycles. The van der Waals surface area contributed by atoms with Crippen molar-refractivity contribution in [3.05, 3.63) is 52.0 Å². The molecular weight excluding hydrogens is 494 g/mol. The van der Waals surface area contributed by atoms with Crippen molar-refractivity contribution >= 4 is 50.0 Å². The molecular formula is C18H12Cl2F3N5O3S. The number of nitrogens with one attached hydrogen (secondary N) is 1. The van der Waals surface area contributed by atoms with Crippen LogP contribution in [0.3, 0.4) is 0 Å². The Morgan fingerprint density at radius 3 is 2.38 bits per heavy atom. The second kappa shape index (κ2) is 8.23. The van der Waals surface area contributed by atoms with Gasteiger partial charge < -0.3 is 5.32 Å². The topological polar surface area (TPSA) is 118 Å². The Labute approximate surface area is 189 Å². The van der Waals surface area contributed by atoms with Gasteiger partial charge in [-0.2, -0.15) is 33.4 Å². The molecule has 1 unspecified atom stereocenters. The van der Waals surface area contributed by atoms with Crippen LogP contribution in [0, 0.1) is 11.3 Å². The van der Waals surface area contributed by atoms with E-state index >= 15 is 0 Å². The van der Waals surface area contributed by atoms with Crippen molar-refractivity contribution in [1.82, 2.24) is 20.3 Å². The molecule has 32 heavy (non-hydrogen) atoms. The molecule has 0 radical (unpaired) electrons. The average molecular weight is 506 g/mol. The molecule has 8 nitrogen and oxygen atoms in total. The maximum Gasteiger partial charge on any atom is 0.501 e. The first-order valence-corrected chi connectivity index (χ1v) is 10.8. The number of carbonyl (C=O) groups is 1. The predicted molar refractivity (Wildman–Crippen MR) is 109 cm³/mol. The number of carbonyl (C=O) groups excluding carboxylic acids is 1. The molecule has 0 aliphatic carbocycles. The van der Waals surface area contributed by atoms with Gasteiger partial charge in [0.1, 0.15) is 16.6 Å². The van der Waals surface area contributed by atoms with Gasteiger partial charge in [0.05, 0.1) is 22.5 Å². The summed E-state index contributed by atoms with van der Waals surface area (Å²) in [5, 5.41) is 20.9. The Balaban J connectivity index is 1.81. The van der Waals surface area contributed by atoms with Crippen LogP contribution >= 0.6 is 23.2 Å². The minimum atomic E-state index is -5.54. The Morgan fingerprint density at radius 1 is 1.19 bits per heavy atom. The first-order valence-electron chi connectivity index (χ1n) is 8.61. The number of aromatic nitrogens is 3. The lowest BCUT2D eigenvalue weighted by molar-refractivity contribution is -0.0436. The van der Waals surface area contributed by atoms with Gasteiger partial charge >= 0.3 is 5.51 Å². The van der Waals surface area contributed by atoms with Crippen molar-refractivity contribution in [3.8, 4) is 6.07 Å². The van der Waals surface area contributed by atoms with E-state index in [0.717, 1.165) is 16.9 Å². The number of amides is 1. The fourth-order valence-corrected chi connectivity index (χ4v) is 3.97. The maximum absolute atomic E-state index is 12.6. The van der Waals surface area contributed by atoms with Gasteiger partial charge in [-0.25, -0.2) is 8.42 Å². The number of nitriles is 1. The van der Waals surface area contributed by atoms with Gasteiger partial charge in [0.25, 0.3) is 15.7 Å². The van der Waals surface area contributed by atoms with Crippen molar-refractivity contribution in [2.24, 2.45) is 0 Å². The molecule has 1 atom stereocenters. The molecule has 2 aromatic carbocycles. The molecule has 0 aliphatic rings. The minimum Gasteiger partial charge on any atom is -0.332 e. The van der Waals surface area contributed by atoms with Crippen molar-refractivity contribution in [3.63, 3.8) is 0 Å². The lowest BCUT2D eigenvalue weighted by Gasteiger charge is -2.22. The van der Waals surface area contributed by atoms with Crippen molar-refractivity contribution in [2.45, 2.75) is 29.4 Å². The van der Waals surface area contributed by atoms with E-state index in [4.69, 9.17) is 23.2 Å². The highest BCUT2D eigenvalue weighted by molar-refractivity contribution is 7.92. The number of rotatable bonds is 5. The van der Waals surface area contributed by atoms with Gasteiger partial charge in [-0.3, -0.25) is 4.79 Å². The number of hydrogen-bond donors (Lipinski definition) is 1. The van der Waals surface area contributed by atoms with Gasteiger partial charge in [0.15, 0.2) is 0 Å². The largest absolute Gasteiger partial charge is 0.501 e. The van der Waals surface area contributed by atoms with Crippen LogP contribution in [0.1, 0.15) is 17.3 Å². The lowest BCUT2D eigenvalue weighted by atomic mass is 10.0. The monoisotopic (exact) mass is 505 g/mol. The molecule has 1 N–H and O–H groups in total. The Kier molecular flexibility index (Phi) is 6.12. The molecule has 1 heterocycles. The Hall–Kier alpha value is -2.88. The summed E-state index contributed by atoms with van der Waals surface area (Å²) in [7, 11) is -5.54. The number of sulfone groups is 1. The maximum atomic E-state index is 12.6. The zero-order chi connectivity index (χ0) is 23.9. The first kappa shape index (κ1) is 23.8. The van der Waals surface area contributed by atoms with E-state index in [1.807, 2.05) is 6.07 Å².